The van der Waals surface area contributed by atoms with Crippen molar-refractivity contribution < 1.29 is 17.1 Å². The van der Waals surface area contributed by atoms with Gasteiger partial charge in [0.15, 0.2) is 0 Å². The van der Waals surface area contributed by atoms with Gasteiger partial charge in [0.05, 0.1) is 0 Å². The molecule has 1 N–H and O–H groups in total. The van der Waals surface area contributed by atoms with E-state index in [1.165, 1.54) is 39.7 Å². The van der Waals surface area contributed by atoms with Gasteiger partial charge in [0.1, 0.15) is 0 Å². The summed E-state index contributed by atoms with van der Waals surface area (Å²) in [4.78, 5) is 2.61. The van der Waals surface area contributed by atoms with Gasteiger partial charge in [-0.2, -0.15) is 12.1 Å². The molecule has 4 aromatic carbocycles. The van der Waals surface area contributed by atoms with Crippen LogP contribution in [0.4, 0.5) is 5.69 Å². The largest absolute Gasteiger partial charge is 0.748 e. The van der Waals surface area contributed by atoms with Gasteiger partial charge in [0, 0.05) is 34.7 Å². The van der Waals surface area contributed by atoms with Gasteiger partial charge < -0.3 is 40.5 Å². The summed E-state index contributed by atoms with van der Waals surface area (Å²) >= 11 is 0. The number of dihydropyridines is 1. The van der Waals surface area contributed by atoms with Gasteiger partial charge in [-0.25, -0.2) is 0 Å². The van der Waals surface area contributed by atoms with E-state index in [2.05, 4.69) is 120 Å². The van der Waals surface area contributed by atoms with Crippen molar-refractivity contribution in [2.45, 2.75) is 32.0 Å². The average molecular weight is 544 g/mol. The van der Waals surface area contributed by atoms with E-state index in [1.54, 1.807) is 0 Å². The summed E-state index contributed by atoms with van der Waals surface area (Å²) < 4.78 is 0. The van der Waals surface area contributed by atoms with Crippen molar-refractivity contribution in [3.05, 3.63) is 151 Å². The van der Waals surface area contributed by atoms with Gasteiger partial charge in [0.25, 0.3) is 0 Å². The van der Waals surface area contributed by atoms with Crippen LogP contribution in [0.25, 0.3) is 0 Å². The Balaban J connectivity index is 0.000000479. The number of rotatable bonds is 6. The average Bonchev–Trinajstić information content (AvgIpc) is 3.69. The van der Waals surface area contributed by atoms with Gasteiger partial charge >= 0.3 is 0 Å². The van der Waals surface area contributed by atoms with E-state index in [1.807, 2.05) is 30.3 Å². The Hall–Kier alpha value is -3.09. The number of hydrogen-bond acceptors (Lipinski definition) is 2. The summed E-state index contributed by atoms with van der Waals surface area (Å²) in [6.07, 6.45) is 9.89. The quantitative estimate of drug-likeness (QED) is 0.153. The first-order chi connectivity index (χ1) is 17.8. The Labute approximate surface area is 233 Å². The Morgan fingerprint density at radius 1 is 0.811 bits per heavy atom. The summed E-state index contributed by atoms with van der Waals surface area (Å²) in [5.74, 6) is 0.316. The molecule has 6 rings (SSSR count). The van der Waals surface area contributed by atoms with E-state index in [9.17, 15) is 0 Å². The molecule has 37 heavy (non-hydrogen) atoms. The SMILES string of the molecule is CC(N(C1=C2NC=CC=C2CCC1)[c-]1cccc1)P(c1ccccc1)c1ccccc1.[Fe].[cH-]1[cH-][cH-][cH-][cH-]1. The molecule has 4 aromatic rings. The van der Waals surface area contributed by atoms with Crippen LogP contribution < -0.4 is 20.8 Å². The van der Waals surface area contributed by atoms with Crippen LogP contribution in [0.2, 0.25) is 0 Å². The summed E-state index contributed by atoms with van der Waals surface area (Å²) in [5.41, 5.74) is 5.43. The molecule has 1 heterocycles. The molecule has 0 saturated heterocycles. The van der Waals surface area contributed by atoms with Crippen molar-refractivity contribution in [3.63, 3.8) is 0 Å². The van der Waals surface area contributed by atoms with Crippen molar-refractivity contribution in [1.82, 2.24) is 5.32 Å². The van der Waals surface area contributed by atoms with Crippen molar-refractivity contribution in [1.29, 1.82) is 0 Å². The van der Waals surface area contributed by atoms with Crippen molar-refractivity contribution in [3.8, 4) is 0 Å². The van der Waals surface area contributed by atoms with E-state index in [-0.39, 0.29) is 17.1 Å². The molecule has 0 spiro atoms. The Bertz CT molecular complexity index is 1230. The molecule has 2 aliphatic rings. The van der Waals surface area contributed by atoms with Crippen molar-refractivity contribution in [2.24, 2.45) is 0 Å². The van der Waals surface area contributed by atoms with Crippen LogP contribution in [-0.2, 0) is 17.1 Å². The maximum Gasteiger partial charge on any atom is 0.0417 e. The van der Waals surface area contributed by atoms with Gasteiger partial charge in [-0.1, -0.05) is 78.8 Å². The molecular weight excluding hydrogens is 511 g/mol. The van der Waals surface area contributed by atoms with E-state index in [0.29, 0.717) is 5.78 Å². The molecule has 4 heteroatoms. The molecule has 194 valence electrons. The fraction of sp³-hybridized carbons (Fsp3) is 0.152. The number of benzene rings is 2. The minimum atomic E-state index is -0.579. The fourth-order valence-electron chi connectivity index (χ4n) is 5.08. The van der Waals surface area contributed by atoms with E-state index in [0.717, 1.165) is 12.8 Å². The molecule has 0 radical (unpaired) electrons. The third-order valence-corrected chi connectivity index (χ3v) is 9.36. The molecule has 0 aromatic heterocycles. The third kappa shape index (κ3) is 6.43. The molecule has 0 saturated carbocycles. The first-order valence-corrected chi connectivity index (χ1v) is 14.2. The topological polar surface area (TPSA) is 15.3 Å². The van der Waals surface area contributed by atoms with Gasteiger partial charge in [-0.3, -0.25) is 0 Å². The molecule has 1 atom stereocenters. The van der Waals surface area contributed by atoms with Gasteiger partial charge in [0.2, 0.25) is 0 Å². The van der Waals surface area contributed by atoms with Crippen LogP contribution >= 0.6 is 7.92 Å². The Morgan fingerprint density at radius 3 is 1.95 bits per heavy atom. The minimum absolute atomic E-state index is 0. The first-order valence-electron chi connectivity index (χ1n) is 12.8. The third-order valence-electron chi connectivity index (χ3n) is 6.68. The zero-order valence-corrected chi connectivity index (χ0v) is 23.1. The zero-order valence-electron chi connectivity index (χ0n) is 21.1. The summed E-state index contributed by atoms with van der Waals surface area (Å²) in [6, 6.07) is 40.9. The Morgan fingerprint density at radius 2 is 1.38 bits per heavy atom. The summed E-state index contributed by atoms with van der Waals surface area (Å²) in [7, 11) is -0.579. The van der Waals surface area contributed by atoms with Gasteiger partial charge in [-0.15, -0.1) is 12.1 Å². The second-order valence-electron chi connectivity index (χ2n) is 9.02. The van der Waals surface area contributed by atoms with E-state index < -0.39 is 7.92 Å². The van der Waals surface area contributed by atoms with Gasteiger partial charge in [-0.05, 0) is 55.6 Å². The summed E-state index contributed by atoms with van der Waals surface area (Å²) in [6.45, 7) is 2.41. The minimum Gasteiger partial charge on any atom is -0.748 e. The molecule has 0 amide bonds. The van der Waals surface area contributed by atoms with E-state index >= 15 is 0 Å². The van der Waals surface area contributed by atoms with E-state index in [4.69, 9.17) is 0 Å². The molecule has 1 aliphatic heterocycles. The second kappa shape index (κ2) is 13.5. The molecule has 2 nitrogen and oxygen atoms in total. The molecule has 1 aliphatic carbocycles. The number of nitrogens with one attached hydrogen (secondary N) is 1. The number of nitrogens with zero attached hydrogens (tertiary/aromatic N) is 1. The van der Waals surface area contributed by atoms with Crippen molar-refractivity contribution >= 4 is 24.2 Å². The predicted molar refractivity (Wildman–Crippen MR) is 156 cm³/mol. The number of hydrogen-bond donors (Lipinski definition) is 1. The van der Waals surface area contributed by atoms with Crippen molar-refractivity contribution in [2.75, 3.05) is 4.90 Å². The Kier molecular flexibility index (Phi) is 9.80. The van der Waals surface area contributed by atoms with Crippen LogP contribution in [0.15, 0.2) is 151 Å². The molecule has 0 bridgehead atoms. The monoisotopic (exact) mass is 544 g/mol. The normalized spacial score (nSPS) is 14.9. The van der Waals surface area contributed by atoms with Crippen LogP contribution in [0.5, 0.6) is 0 Å². The standard InChI is InChI=1S/C28H28N2P.C5H5.Fe/c1-22(31(25-16-4-2-5-17-25)26-18-6-3-7-19-26)30(24-14-8-9-15-24)27-20-10-12-23-13-11-21-29-28(23)27;1-2-4-5-3-1;/h2-9,11,13-19,21-22,29H,10,12,20H2,1H3;1-5H;/q-1;-5;. The fourth-order valence-corrected chi connectivity index (χ4v) is 7.73. The first kappa shape index (κ1) is 27.0. The zero-order chi connectivity index (χ0) is 24.6. The molecule has 0 fully saturated rings. The molecule has 1 unspecified atom stereocenters. The van der Waals surface area contributed by atoms with Crippen LogP contribution in [0, 0.1) is 0 Å². The second-order valence-corrected chi connectivity index (χ2v) is 11.5. The predicted octanol–water partition coefficient (Wildman–Crippen LogP) is 7.53. The smallest absolute Gasteiger partial charge is 0.0417 e. The number of allylic oxidation sites excluding steroid dienone is 4. The van der Waals surface area contributed by atoms with Crippen LogP contribution in [-0.4, -0.2) is 5.78 Å². The number of fused-ring (bicyclic) bond motifs is 1. The van der Waals surface area contributed by atoms with Crippen LogP contribution in [0.1, 0.15) is 26.2 Å². The number of anilines is 1. The molecular formula is C33H33FeN2P-6. The maximum absolute atomic E-state index is 3.58. The summed E-state index contributed by atoms with van der Waals surface area (Å²) in [5, 5.41) is 6.42. The van der Waals surface area contributed by atoms with Crippen LogP contribution in [0.3, 0.4) is 0 Å². The maximum atomic E-state index is 3.58.